The fraction of sp³-hybridized carbons (Fsp3) is 0.353. The number of pyridine rings is 1. The highest BCUT2D eigenvalue weighted by Crippen LogP contribution is 2.29. The normalized spacial score (nSPS) is 16.6. The topological polar surface area (TPSA) is 98.8 Å². The van der Waals surface area contributed by atoms with Crippen molar-refractivity contribution in [2.75, 3.05) is 5.32 Å². The van der Waals surface area contributed by atoms with Gasteiger partial charge in [0.15, 0.2) is 0 Å². The zero-order valence-corrected chi connectivity index (χ0v) is 14.1. The molecule has 2 aromatic heterocycles. The number of fused-ring (bicyclic) bond motifs is 2. The van der Waals surface area contributed by atoms with Gasteiger partial charge >= 0.3 is 0 Å². The number of hydrogen-bond acceptors (Lipinski definition) is 6. The summed E-state index contributed by atoms with van der Waals surface area (Å²) >= 11 is 0. The lowest BCUT2D eigenvalue weighted by atomic mass is 10.1. The fourth-order valence-electron chi connectivity index (χ4n) is 3.35. The van der Waals surface area contributed by atoms with Crippen LogP contribution in [0, 0.1) is 24.0 Å². The molecule has 1 atom stereocenters. The molecule has 0 fully saturated rings. The highest BCUT2D eigenvalue weighted by atomic mass is 16.6. The second kappa shape index (κ2) is 5.80. The van der Waals surface area contributed by atoms with Crippen molar-refractivity contribution in [3.05, 3.63) is 51.7 Å². The van der Waals surface area contributed by atoms with Gasteiger partial charge in [0.2, 0.25) is 0 Å². The number of nitrogens with zero attached hydrogens (tertiary/aromatic N) is 5. The number of aryl methyl sites for hydroxylation is 3. The third kappa shape index (κ3) is 2.90. The minimum Gasteiger partial charge on any atom is -0.380 e. The van der Waals surface area contributed by atoms with Gasteiger partial charge in [-0.25, -0.2) is 9.67 Å². The minimum atomic E-state index is -0.381. The predicted octanol–water partition coefficient (Wildman–Crippen LogP) is 2.78. The van der Waals surface area contributed by atoms with Crippen molar-refractivity contribution in [1.82, 2.24) is 19.7 Å². The Morgan fingerprint density at radius 1 is 1.28 bits per heavy atom. The SMILES string of the molecule is Cc1cc(NC2CCc3nc(C)nn3C2)c2cc([N+](=O)[O-])ccc2n1. The third-order valence-electron chi connectivity index (χ3n) is 4.45. The Morgan fingerprint density at radius 3 is 2.92 bits per heavy atom. The van der Waals surface area contributed by atoms with Crippen LogP contribution in [0.5, 0.6) is 0 Å². The monoisotopic (exact) mass is 338 g/mol. The molecule has 0 amide bonds. The summed E-state index contributed by atoms with van der Waals surface area (Å²) in [7, 11) is 0. The first kappa shape index (κ1) is 15.5. The van der Waals surface area contributed by atoms with E-state index in [1.54, 1.807) is 12.1 Å². The second-order valence-electron chi connectivity index (χ2n) is 6.41. The Balaban J connectivity index is 1.69. The van der Waals surface area contributed by atoms with E-state index in [1.807, 2.05) is 24.6 Å². The number of aromatic nitrogens is 4. The van der Waals surface area contributed by atoms with Crippen LogP contribution in [0.4, 0.5) is 11.4 Å². The van der Waals surface area contributed by atoms with Crippen molar-refractivity contribution in [3.8, 4) is 0 Å². The van der Waals surface area contributed by atoms with Gasteiger partial charge in [-0.3, -0.25) is 15.1 Å². The van der Waals surface area contributed by atoms with Crippen LogP contribution in [0.1, 0.15) is 23.8 Å². The molecule has 4 rings (SSSR count). The van der Waals surface area contributed by atoms with Crippen molar-refractivity contribution in [2.45, 2.75) is 39.3 Å². The number of non-ortho nitro benzene ring substituents is 1. The first-order valence-electron chi connectivity index (χ1n) is 8.22. The van der Waals surface area contributed by atoms with Crippen LogP contribution in [-0.4, -0.2) is 30.7 Å². The maximum absolute atomic E-state index is 11.1. The maximum Gasteiger partial charge on any atom is 0.270 e. The molecule has 0 radical (unpaired) electrons. The van der Waals surface area contributed by atoms with E-state index >= 15 is 0 Å². The largest absolute Gasteiger partial charge is 0.380 e. The van der Waals surface area contributed by atoms with Gasteiger partial charge in [0.05, 0.1) is 17.0 Å². The molecule has 0 saturated carbocycles. The van der Waals surface area contributed by atoms with E-state index in [4.69, 9.17) is 0 Å². The molecule has 25 heavy (non-hydrogen) atoms. The van der Waals surface area contributed by atoms with Gasteiger partial charge in [0.1, 0.15) is 11.6 Å². The van der Waals surface area contributed by atoms with Crippen LogP contribution < -0.4 is 5.32 Å². The van der Waals surface area contributed by atoms with Crippen LogP contribution >= 0.6 is 0 Å². The molecule has 1 unspecified atom stereocenters. The van der Waals surface area contributed by atoms with E-state index in [1.165, 1.54) is 6.07 Å². The smallest absolute Gasteiger partial charge is 0.270 e. The summed E-state index contributed by atoms with van der Waals surface area (Å²) in [6.45, 7) is 4.55. The Hall–Kier alpha value is -3.03. The van der Waals surface area contributed by atoms with E-state index in [0.717, 1.165) is 53.3 Å². The lowest BCUT2D eigenvalue weighted by molar-refractivity contribution is -0.384. The average molecular weight is 338 g/mol. The predicted molar refractivity (Wildman–Crippen MR) is 93.6 cm³/mol. The zero-order chi connectivity index (χ0) is 17.6. The highest BCUT2D eigenvalue weighted by Gasteiger charge is 2.22. The lowest BCUT2D eigenvalue weighted by Crippen LogP contribution is -2.32. The molecule has 0 saturated heterocycles. The van der Waals surface area contributed by atoms with E-state index in [9.17, 15) is 10.1 Å². The van der Waals surface area contributed by atoms with E-state index in [-0.39, 0.29) is 16.7 Å². The Morgan fingerprint density at radius 2 is 2.12 bits per heavy atom. The summed E-state index contributed by atoms with van der Waals surface area (Å²) < 4.78 is 1.94. The molecule has 3 aromatic rings. The zero-order valence-electron chi connectivity index (χ0n) is 14.1. The molecule has 0 spiro atoms. The Kier molecular flexibility index (Phi) is 3.60. The summed E-state index contributed by atoms with van der Waals surface area (Å²) in [6, 6.07) is 6.90. The van der Waals surface area contributed by atoms with Gasteiger partial charge in [-0.15, -0.1) is 0 Å². The van der Waals surface area contributed by atoms with Crippen LogP contribution in [0.15, 0.2) is 24.3 Å². The van der Waals surface area contributed by atoms with Crippen molar-refractivity contribution in [2.24, 2.45) is 0 Å². The van der Waals surface area contributed by atoms with Crippen molar-refractivity contribution in [1.29, 1.82) is 0 Å². The minimum absolute atomic E-state index is 0.0686. The molecule has 8 nitrogen and oxygen atoms in total. The molecule has 1 aliphatic heterocycles. The molecule has 128 valence electrons. The van der Waals surface area contributed by atoms with Gasteiger partial charge in [0.25, 0.3) is 5.69 Å². The van der Waals surface area contributed by atoms with Crippen LogP contribution in [0.25, 0.3) is 10.9 Å². The number of benzene rings is 1. The van der Waals surface area contributed by atoms with E-state index in [2.05, 4.69) is 20.4 Å². The van der Waals surface area contributed by atoms with Crippen LogP contribution in [-0.2, 0) is 13.0 Å². The standard InChI is InChI=1S/C17H18N6O2/c1-10-7-16(14-8-13(23(24)25)4-5-15(14)18-10)20-12-3-6-17-19-11(2)21-22(17)9-12/h4-5,7-8,12H,3,6,9H2,1-2H3,(H,18,20). The molecule has 3 heterocycles. The van der Waals surface area contributed by atoms with Gasteiger partial charge in [0, 0.05) is 41.4 Å². The highest BCUT2D eigenvalue weighted by molar-refractivity contribution is 5.93. The van der Waals surface area contributed by atoms with Crippen molar-refractivity contribution >= 4 is 22.3 Å². The number of nitrogens with one attached hydrogen (secondary N) is 1. The second-order valence-corrected chi connectivity index (χ2v) is 6.41. The van der Waals surface area contributed by atoms with E-state index in [0.29, 0.717) is 0 Å². The molecular weight excluding hydrogens is 320 g/mol. The summed E-state index contributed by atoms with van der Waals surface area (Å²) in [5.41, 5.74) is 2.56. The van der Waals surface area contributed by atoms with E-state index < -0.39 is 0 Å². The number of nitro benzene ring substituents is 1. The van der Waals surface area contributed by atoms with Crippen LogP contribution in [0.3, 0.4) is 0 Å². The summed E-state index contributed by atoms with van der Waals surface area (Å²) in [4.78, 5) is 19.6. The van der Waals surface area contributed by atoms with Gasteiger partial charge < -0.3 is 5.32 Å². The molecule has 1 N–H and O–H groups in total. The van der Waals surface area contributed by atoms with Gasteiger partial charge in [-0.1, -0.05) is 0 Å². The quantitative estimate of drug-likeness (QED) is 0.582. The number of anilines is 1. The molecule has 0 aliphatic carbocycles. The molecule has 1 aromatic carbocycles. The molecule has 8 heteroatoms. The van der Waals surface area contributed by atoms with Crippen molar-refractivity contribution < 1.29 is 4.92 Å². The molecular formula is C17H18N6O2. The Bertz CT molecular complexity index is 981. The fourth-order valence-corrected chi connectivity index (χ4v) is 3.35. The summed E-state index contributed by atoms with van der Waals surface area (Å²) in [5, 5.41) is 19.8. The lowest BCUT2D eigenvalue weighted by Gasteiger charge is -2.25. The number of nitro groups is 1. The Labute approximate surface area is 144 Å². The average Bonchev–Trinajstić information content (AvgIpc) is 2.93. The number of hydrogen-bond donors (Lipinski definition) is 1. The summed E-state index contributed by atoms with van der Waals surface area (Å²) in [6.07, 6.45) is 1.80. The van der Waals surface area contributed by atoms with Crippen LogP contribution in [0.2, 0.25) is 0 Å². The van der Waals surface area contributed by atoms with Gasteiger partial charge in [-0.2, -0.15) is 5.10 Å². The number of rotatable bonds is 3. The molecule has 1 aliphatic rings. The maximum atomic E-state index is 11.1. The van der Waals surface area contributed by atoms with Gasteiger partial charge in [-0.05, 0) is 32.4 Å². The summed E-state index contributed by atoms with van der Waals surface area (Å²) in [5.74, 6) is 1.80. The third-order valence-corrected chi connectivity index (χ3v) is 4.45. The first-order valence-corrected chi connectivity index (χ1v) is 8.22. The first-order chi connectivity index (χ1) is 12.0. The molecule has 0 bridgehead atoms. The van der Waals surface area contributed by atoms with Crippen molar-refractivity contribution in [3.63, 3.8) is 0 Å².